The van der Waals surface area contributed by atoms with E-state index in [1.807, 2.05) is 0 Å². The van der Waals surface area contributed by atoms with Crippen molar-refractivity contribution in [3.63, 3.8) is 0 Å². The van der Waals surface area contributed by atoms with E-state index in [4.69, 9.17) is 23.3 Å². The number of amides is 1. The highest BCUT2D eigenvalue weighted by Crippen LogP contribution is 2.70. The van der Waals surface area contributed by atoms with E-state index in [1.54, 1.807) is 37.3 Å². The van der Waals surface area contributed by atoms with Gasteiger partial charge in [-0.3, -0.25) is 24.0 Å². The van der Waals surface area contributed by atoms with Crippen molar-refractivity contribution in [2.45, 2.75) is 94.5 Å². The van der Waals surface area contributed by atoms with Crippen LogP contribution in [0.2, 0.25) is 0 Å². The van der Waals surface area contributed by atoms with E-state index in [-0.39, 0.29) is 47.9 Å². The molecule has 0 radical (unpaired) electrons. The molecule has 2 aliphatic carbocycles. The molecule has 3 aliphatic rings. The number of alkyl halides is 1. The summed E-state index contributed by atoms with van der Waals surface area (Å²) in [5, 5.41) is 16.6. The van der Waals surface area contributed by atoms with E-state index in [9.17, 15) is 19.3 Å². The van der Waals surface area contributed by atoms with Crippen molar-refractivity contribution in [3.8, 4) is 11.6 Å². The summed E-state index contributed by atoms with van der Waals surface area (Å²) < 4.78 is 61.0. The Labute approximate surface area is 270 Å². The zero-order chi connectivity index (χ0) is 33.5. The summed E-state index contributed by atoms with van der Waals surface area (Å²) >= 11 is 0. The topological polar surface area (TPSA) is 185 Å². The van der Waals surface area contributed by atoms with Gasteiger partial charge in [-0.15, -0.1) is 0 Å². The molecule has 3 aromatic rings. The van der Waals surface area contributed by atoms with Crippen molar-refractivity contribution in [3.05, 3.63) is 36.7 Å². The third-order valence-electron chi connectivity index (χ3n) is 8.83. The maximum Gasteiger partial charge on any atom is 0.459 e. The minimum absolute atomic E-state index is 0.0672. The van der Waals surface area contributed by atoms with Gasteiger partial charge in [0.05, 0.1) is 19.5 Å². The molecule has 2 saturated carbocycles. The number of esters is 1. The van der Waals surface area contributed by atoms with E-state index in [2.05, 4.69) is 25.4 Å². The molecule has 0 spiro atoms. The lowest BCUT2D eigenvalue weighted by atomic mass is 9.96. The number of para-hydroxylation sites is 1. The number of carbonyl (C=O) groups excluding carboxylic acids is 2. The molecule has 17 heteroatoms. The maximum atomic E-state index is 16.6. The van der Waals surface area contributed by atoms with Gasteiger partial charge in [0.2, 0.25) is 18.2 Å². The van der Waals surface area contributed by atoms with E-state index in [0.29, 0.717) is 6.41 Å². The fraction of sp³-hybridized carbons (Fsp3) is 0.567. The first-order valence-electron chi connectivity index (χ1n) is 15.6. The van der Waals surface area contributed by atoms with Crippen LogP contribution in [0.3, 0.4) is 0 Å². The van der Waals surface area contributed by atoms with Crippen LogP contribution in [0.5, 0.6) is 11.6 Å². The number of halogens is 1. The quantitative estimate of drug-likeness (QED) is 0.127. The number of fused-ring (bicyclic) bond motifs is 2. The molecule has 3 N–H and O–H groups in total. The summed E-state index contributed by atoms with van der Waals surface area (Å²) in [7, 11) is -4.37. The second-order valence-corrected chi connectivity index (χ2v) is 13.9. The highest BCUT2D eigenvalue weighted by atomic mass is 31.2. The molecule has 3 fully saturated rings. The number of nitrogens with zero attached hydrogens (tertiary/aromatic N) is 4. The predicted molar refractivity (Wildman–Crippen MR) is 164 cm³/mol. The third-order valence-corrected chi connectivity index (χ3v) is 10.5. The smallest absolute Gasteiger partial charge is 0.459 e. The minimum atomic E-state index is -4.37. The van der Waals surface area contributed by atoms with E-state index in [1.165, 1.54) is 24.7 Å². The average molecular weight is 677 g/mol. The van der Waals surface area contributed by atoms with Gasteiger partial charge in [-0.1, -0.05) is 24.6 Å². The number of aromatic nitrogens is 4. The molecular weight excluding hydrogens is 638 g/mol. The molecule has 1 unspecified atom stereocenters. The Hall–Kier alpha value is -3.69. The zero-order valence-corrected chi connectivity index (χ0v) is 27.2. The molecule has 47 heavy (non-hydrogen) atoms. The Morgan fingerprint density at radius 3 is 2.70 bits per heavy atom. The van der Waals surface area contributed by atoms with E-state index >= 15 is 4.39 Å². The normalized spacial score (nSPS) is 29.0. The number of hydrogen-bond acceptors (Lipinski definition) is 12. The van der Waals surface area contributed by atoms with E-state index < -0.39 is 49.5 Å². The van der Waals surface area contributed by atoms with Crippen molar-refractivity contribution in [1.82, 2.24) is 24.6 Å². The largest absolute Gasteiger partial charge is 0.476 e. The van der Waals surface area contributed by atoms with Crippen molar-refractivity contribution in [2.24, 2.45) is 0 Å². The van der Waals surface area contributed by atoms with Crippen molar-refractivity contribution in [1.29, 1.82) is 0 Å². The Morgan fingerprint density at radius 2 is 2.00 bits per heavy atom. The van der Waals surface area contributed by atoms with Crippen LogP contribution in [-0.4, -0.2) is 79.2 Å². The first kappa shape index (κ1) is 33.2. The fourth-order valence-corrected chi connectivity index (χ4v) is 7.77. The van der Waals surface area contributed by atoms with Crippen molar-refractivity contribution >= 4 is 37.2 Å². The number of anilines is 1. The lowest BCUT2D eigenvalue weighted by molar-refractivity contribution is -0.152. The van der Waals surface area contributed by atoms with Crippen LogP contribution < -0.4 is 19.7 Å². The van der Waals surface area contributed by atoms with Gasteiger partial charge in [-0.25, -0.2) is 13.9 Å². The number of imidazole rings is 1. The van der Waals surface area contributed by atoms with Crippen LogP contribution in [-0.2, 0) is 28.2 Å². The maximum absolute atomic E-state index is 16.6. The first-order valence-corrected chi connectivity index (χ1v) is 17.1. The van der Waals surface area contributed by atoms with Gasteiger partial charge in [0, 0.05) is 6.42 Å². The van der Waals surface area contributed by atoms with Crippen LogP contribution in [0.1, 0.15) is 65.5 Å². The minimum Gasteiger partial charge on any atom is -0.476 e. The molecule has 1 aromatic carbocycles. The van der Waals surface area contributed by atoms with Crippen molar-refractivity contribution in [2.75, 3.05) is 18.5 Å². The van der Waals surface area contributed by atoms with Crippen LogP contribution in [0.15, 0.2) is 36.7 Å². The van der Waals surface area contributed by atoms with Crippen LogP contribution in [0.25, 0.3) is 11.2 Å². The molecule has 3 heterocycles. The van der Waals surface area contributed by atoms with Crippen molar-refractivity contribution < 1.29 is 46.9 Å². The number of ether oxygens (including phenoxy) is 3. The highest BCUT2D eigenvalue weighted by Gasteiger charge is 2.86. The number of benzene rings is 1. The van der Waals surface area contributed by atoms with Crippen LogP contribution >= 0.6 is 7.75 Å². The van der Waals surface area contributed by atoms with Crippen LogP contribution in [0, 0.1) is 0 Å². The highest BCUT2D eigenvalue weighted by molar-refractivity contribution is 7.52. The number of rotatable bonds is 14. The fourth-order valence-electron chi connectivity index (χ4n) is 6.23. The second-order valence-electron chi connectivity index (χ2n) is 12.2. The monoisotopic (exact) mass is 676 g/mol. The van der Waals surface area contributed by atoms with Gasteiger partial charge < -0.3 is 23.8 Å². The first-order chi connectivity index (χ1) is 22.4. The average Bonchev–Trinajstić information content (AvgIpc) is 3.35. The molecule has 254 valence electrons. The lowest BCUT2D eigenvalue weighted by Crippen LogP contribution is -2.44. The molecule has 6 atom stereocenters. The SMILES string of the molecule is CCOc1nc(NC=O)nc2c1ncn2[C@@H]1O[C@@]2(COP(=O)(N[C@@H](C)C(=O)OC3CCCCC3)Oc3ccccc3)C[C@]2(F)[C@@]1(C)O. The Morgan fingerprint density at radius 1 is 1.26 bits per heavy atom. The number of hydrogen-bond donors (Lipinski definition) is 3. The van der Waals surface area contributed by atoms with Gasteiger partial charge in [-0.05, 0) is 58.6 Å². The number of nitrogens with one attached hydrogen (secondary N) is 2. The van der Waals surface area contributed by atoms with Gasteiger partial charge in [0.1, 0.15) is 29.1 Å². The van der Waals surface area contributed by atoms with Gasteiger partial charge in [0.25, 0.3) is 0 Å². The molecule has 1 aliphatic heterocycles. The number of carbonyl (C=O) groups is 2. The molecule has 15 nitrogen and oxygen atoms in total. The lowest BCUT2D eigenvalue weighted by Gasteiger charge is -2.30. The summed E-state index contributed by atoms with van der Waals surface area (Å²) in [5.74, 6) is -0.472. The third kappa shape index (κ3) is 6.20. The molecular formula is C30H38FN6O9P. The van der Waals surface area contributed by atoms with Gasteiger partial charge in [-0.2, -0.15) is 15.1 Å². The molecule has 0 bridgehead atoms. The summed E-state index contributed by atoms with van der Waals surface area (Å²) in [6.07, 6.45) is 4.31. The Balaban J connectivity index is 1.24. The molecule has 1 saturated heterocycles. The van der Waals surface area contributed by atoms with Crippen LogP contribution in [0.4, 0.5) is 10.3 Å². The standard InChI is InChI=1S/C30H38FN6O9P/c1-4-42-24-22-23(34-27(35-24)33-18-38)37(17-32-22)26-28(3,40)30(31)15-29(30,45-26)16-43-47(41,46-21-13-9-6-10-14-21)36-19(2)25(39)44-20-11-7-5-8-12-20/h6,9-10,13-14,17-20,26,40H,4-5,7-8,11-12,15-16H2,1-3H3,(H,36,41)(H,33,34,35,38)/t19-,26+,28-,29+,30-,47?/m0/s1. The molecule has 1 amide bonds. The summed E-state index contributed by atoms with van der Waals surface area (Å²) in [5.41, 5.74) is -5.94. The van der Waals surface area contributed by atoms with Gasteiger partial charge >= 0.3 is 13.7 Å². The molecule has 6 rings (SSSR count). The van der Waals surface area contributed by atoms with Gasteiger partial charge in [0.15, 0.2) is 23.1 Å². The Bertz CT molecular complexity index is 1670. The predicted octanol–water partition coefficient (Wildman–Crippen LogP) is 3.98. The summed E-state index contributed by atoms with van der Waals surface area (Å²) in [4.78, 5) is 36.8. The second kappa shape index (κ2) is 12.7. The van der Waals surface area contributed by atoms with E-state index in [0.717, 1.165) is 32.1 Å². The summed E-state index contributed by atoms with van der Waals surface area (Å²) in [6.45, 7) is 4.12. The molecule has 2 aromatic heterocycles. The number of aliphatic hydroxyl groups is 1. The Kier molecular flexibility index (Phi) is 9.00. The zero-order valence-electron chi connectivity index (χ0n) is 26.3. The summed E-state index contributed by atoms with van der Waals surface area (Å²) in [6, 6.07) is 7.10.